The Hall–Kier alpha value is -0.490. The summed E-state index contributed by atoms with van der Waals surface area (Å²) in [7, 11) is 0. The van der Waals surface area contributed by atoms with Crippen LogP contribution >= 0.6 is 58.5 Å². The van der Waals surface area contributed by atoms with E-state index in [0.717, 1.165) is 42.5 Å². The molecule has 8 heteroatoms. The quantitative estimate of drug-likeness (QED) is 0.397. The Morgan fingerprint density at radius 1 is 1.07 bits per heavy atom. The molecule has 0 saturated heterocycles. The zero-order chi connectivity index (χ0) is 20.3. The number of aromatic carboxylic acids is 1. The lowest BCUT2D eigenvalue weighted by molar-refractivity contribution is 0.0702. The van der Waals surface area contributed by atoms with Gasteiger partial charge >= 0.3 is 5.97 Å². The van der Waals surface area contributed by atoms with E-state index in [1.165, 1.54) is 11.3 Å². The van der Waals surface area contributed by atoms with E-state index in [-0.39, 0.29) is 35.7 Å². The minimum absolute atomic E-state index is 0. The van der Waals surface area contributed by atoms with Gasteiger partial charge in [-0.15, -0.1) is 35.3 Å². The third-order valence-corrected chi connectivity index (χ3v) is 7.57. The fourth-order valence-corrected chi connectivity index (χ4v) is 6.12. The minimum Gasteiger partial charge on any atom is -0.477 e. The lowest BCUT2D eigenvalue weighted by Crippen LogP contribution is -2.21. The second kappa shape index (κ2) is 11.2. The summed E-state index contributed by atoms with van der Waals surface area (Å²) in [5, 5.41) is 20.7. The van der Waals surface area contributed by atoms with Gasteiger partial charge in [-0.25, -0.2) is 4.79 Å². The molecule has 1 heterocycles. The fraction of sp³-hybridized carbons (Fsp3) is 0.476. The fourth-order valence-electron chi connectivity index (χ4n) is 4.16. The maximum absolute atomic E-state index is 11.0. The zero-order valence-electron chi connectivity index (χ0n) is 15.7. The summed E-state index contributed by atoms with van der Waals surface area (Å²) in [5.41, 5.74) is 1.07. The van der Waals surface area contributed by atoms with Crippen molar-refractivity contribution in [2.24, 2.45) is 11.8 Å². The van der Waals surface area contributed by atoms with Crippen molar-refractivity contribution in [3.63, 3.8) is 0 Å². The molecule has 1 aliphatic rings. The second-order valence-corrected chi connectivity index (χ2v) is 10.0. The molecular formula is C21H24Cl4O3S. The number of alkyl halides is 1. The van der Waals surface area contributed by atoms with Gasteiger partial charge in [0.25, 0.3) is 0 Å². The lowest BCUT2D eigenvalue weighted by Gasteiger charge is -2.23. The molecule has 1 aromatic carbocycles. The van der Waals surface area contributed by atoms with Crippen molar-refractivity contribution in [3.8, 4) is 0 Å². The van der Waals surface area contributed by atoms with E-state index in [0.29, 0.717) is 21.3 Å². The van der Waals surface area contributed by atoms with Crippen molar-refractivity contribution in [1.29, 1.82) is 0 Å². The number of carbonyl (C=O) groups is 1. The number of carboxylic acids is 1. The number of thiophene rings is 1. The maximum atomic E-state index is 11.0. The Bertz CT molecular complexity index is 806. The van der Waals surface area contributed by atoms with Crippen LogP contribution in [0.15, 0.2) is 30.3 Å². The standard InChI is InChI=1S/C21H23Cl3O3S.ClH/c22-13-8-12(9-14(23)10-13)4-6-17-16(18(24)11-19(17)25)3-1-2-15-5-7-20(28-15)21(26)27;/h5,7-10,16-19,25H,1-4,6,11H2,(H,26,27);1H/t16-,17-,18-,19-;/m1./s1. The van der Waals surface area contributed by atoms with Crippen LogP contribution in [0.25, 0.3) is 0 Å². The Morgan fingerprint density at radius 2 is 1.76 bits per heavy atom. The highest BCUT2D eigenvalue weighted by atomic mass is 35.5. The molecule has 1 aromatic heterocycles. The van der Waals surface area contributed by atoms with E-state index in [1.807, 2.05) is 18.2 Å². The van der Waals surface area contributed by atoms with Crippen LogP contribution in [-0.2, 0) is 12.8 Å². The molecule has 0 amide bonds. The molecule has 160 valence electrons. The number of halogens is 4. The summed E-state index contributed by atoms with van der Waals surface area (Å²) in [5.74, 6) is -0.472. The number of hydrogen-bond acceptors (Lipinski definition) is 3. The third-order valence-electron chi connectivity index (χ3n) is 5.50. The lowest BCUT2D eigenvalue weighted by atomic mass is 9.85. The molecule has 4 atom stereocenters. The molecule has 29 heavy (non-hydrogen) atoms. The first-order chi connectivity index (χ1) is 13.3. The van der Waals surface area contributed by atoms with Crippen LogP contribution in [0.4, 0.5) is 0 Å². The molecule has 0 radical (unpaired) electrons. The van der Waals surface area contributed by atoms with E-state index < -0.39 is 5.97 Å². The van der Waals surface area contributed by atoms with Gasteiger partial charge in [0.2, 0.25) is 0 Å². The molecule has 0 unspecified atom stereocenters. The molecule has 2 N–H and O–H groups in total. The summed E-state index contributed by atoms with van der Waals surface area (Å²) >= 11 is 20.0. The molecule has 0 spiro atoms. The number of aliphatic hydroxyl groups excluding tert-OH is 1. The largest absolute Gasteiger partial charge is 0.477 e. The van der Waals surface area contributed by atoms with Crippen molar-refractivity contribution in [1.82, 2.24) is 0 Å². The van der Waals surface area contributed by atoms with Crippen LogP contribution in [-0.4, -0.2) is 27.7 Å². The number of benzene rings is 1. The molecule has 1 saturated carbocycles. The third kappa shape index (κ3) is 6.75. The van der Waals surface area contributed by atoms with Gasteiger partial charge in [0.15, 0.2) is 0 Å². The average molecular weight is 498 g/mol. The number of rotatable bonds is 8. The summed E-state index contributed by atoms with van der Waals surface area (Å²) in [6.07, 6.45) is 4.57. The van der Waals surface area contributed by atoms with E-state index in [2.05, 4.69) is 0 Å². The van der Waals surface area contributed by atoms with Crippen LogP contribution in [0.1, 0.15) is 45.8 Å². The zero-order valence-corrected chi connectivity index (χ0v) is 19.6. The molecule has 0 bridgehead atoms. The number of hydrogen-bond donors (Lipinski definition) is 2. The highest BCUT2D eigenvalue weighted by Crippen LogP contribution is 2.42. The SMILES string of the molecule is Cl.O=C(O)c1ccc(CCC[C@@H]2[C@@H](CCc3cc(Cl)cc(Cl)c3)[C@H](O)C[C@H]2Cl)s1. The van der Waals surface area contributed by atoms with Gasteiger partial charge in [-0.05, 0) is 86.3 Å². The van der Waals surface area contributed by atoms with Gasteiger partial charge in [0.1, 0.15) is 4.88 Å². The minimum atomic E-state index is -0.878. The summed E-state index contributed by atoms with van der Waals surface area (Å²) in [6.45, 7) is 0. The van der Waals surface area contributed by atoms with E-state index in [1.54, 1.807) is 12.1 Å². The Balaban J connectivity index is 0.00000300. The second-order valence-electron chi connectivity index (χ2n) is 7.43. The Morgan fingerprint density at radius 3 is 2.38 bits per heavy atom. The van der Waals surface area contributed by atoms with Crippen LogP contribution in [0, 0.1) is 11.8 Å². The molecule has 3 nitrogen and oxygen atoms in total. The number of aliphatic hydroxyl groups is 1. The average Bonchev–Trinajstić information content (AvgIpc) is 3.18. The van der Waals surface area contributed by atoms with E-state index in [4.69, 9.17) is 39.9 Å². The van der Waals surface area contributed by atoms with Gasteiger partial charge in [0, 0.05) is 20.3 Å². The molecular weight excluding hydrogens is 474 g/mol. The summed E-state index contributed by atoms with van der Waals surface area (Å²) in [6, 6.07) is 9.09. The molecule has 2 aromatic rings. The highest BCUT2D eigenvalue weighted by molar-refractivity contribution is 7.13. The highest BCUT2D eigenvalue weighted by Gasteiger charge is 2.40. The molecule has 0 aliphatic heterocycles. The van der Waals surface area contributed by atoms with E-state index >= 15 is 0 Å². The Kier molecular flexibility index (Phi) is 9.59. The monoisotopic (exact) mass is 496 g/mol. The maximum Gasteiger partial charge on any atom is 0.345 e. The smallest absolute Gasteiger partial charge is 0.345 e. The first-order valence-corrected chi connectivity index (χ1v) is 11.4. The van der Waals surface area contributed by atoms with Crippen molar-refractivity contribution in [2.75, 3.05) is 0 Å². The van der Waals surface area contributed by atoms with Gasteiger partial charge in [-0.3, -0.25) is 0 Å². The van der Waals surface area contributed by atoms with Gasteiger partial charge in [-0.2, -0.15) is 0 Å². The van der Waals surface area contributed by atoms with Crippen LogP contribution in [0.2, 0.25) is 10.0 Å². The van der Waals surface area contributed by atoms with Gasteiger partial charge in [0.05, 0.1) is 6.10 Å². The van der Waals surface area contributed by atoms with Crippen LogP contribution in [0.5, 0.6) is 0 Å². The first-order valence-electron chi connectivity index (χ1n) is 9.42. The van der Waals surface area contributed by atoms with E-state index in [9.17, 15) is 9.90 Å². The van der Waals surface area contributed by atoms with Crippen molar-refractivity contribution >= 4 is 64.5 Å². The summed E-state index contributed by atoms with van der Waals surface area (Å²) in [4.78, 5) is 12.4. The number of carboxylic acid groups (broad SMARTS) is 1. The Labute approximate surface area is 196 Å². The van der Waals surface area contributed by atoms with Crippen molar-refractivity contribution in [3.05, 3.63) is 55.7 Å². The first kappa shape index (κ1) is 24.8. The normalized spacial score (nSPS) is 23.7. The molecule has 3 rings (SSSR count). The molecule has 1 fully saturated rings. The topological polar surface area (TPSA) is 57.5 Å². The van der Waals surface area contributed by atoms with Crippen LogP contribution < -0.4 is 0 Å². The predicted octanol–water partition coefficient (Wildman–Crippen LogP) is 6.73. The van der Waals surface area contributed by atoms with Crippen molar-refractivity contribution in [2.45, 2.75) is 50.0 Å². The van der Waals surface area contributed by atoms with Gasteiger partial charge < -0.3 is 10.2 Å². The predicted molar refractivity (Wildman–Crippen MR) is 123 cm³/mol. The van der Waals surface area contributed by atoms with Crippen molar-refractivity contribution < 1.29 is 15.0 Å². The van der Waals surface area contributed by atoms with Gasteiger partial charge in [-0.1, -0.05) is 23.2 Å². The summed E-state index contributed by atoms with van der Waals surface area (Å²) < 4.78 is 0. The molecule has 1 aliphatic carbocycles. The van der Waals surface area contributed by atoms with Crippen LogP contribution in [0.3, 0.4) is 0 Å². The number of aryl methyl sites for hydroxylation is 2.